The van der Waals surface area contributed by atoms with Gasteiger partial charge in [-0.3, -0.25) is 0 Å². The van der Waals surface area contributed by atoms with Gasteiger partial charge in [-0.15, -0.1) is 0 Å². The van der Waals surface area contributed by atoms with Crippen LogP contribution >= 0.6 is 23.2 Å². The standard InChI is InChI=1S/C17H19Cl2N/c1-4-20-12(3)15-8-7-14(10-17(15)19)13-6-5-11(2)16(18)9-13/h5-10,12,20H,4H2,1-3H3. The van der Waals surface area contributed by atoms with Gasteiger partial charge in [0.25, 0.3) is 0 Å². The van der Waals surface area contributed by atoms with Crippen molar-refractivity contribution in [1.82, 2.24) is 5.32 Å². The zero-order chi connectivity index (χ0) is 14.7. The van der Waals surface area contributed by atoms with Gasteiger partial charge in [-0.25, -0.2) is 0 Å². The van der Waals surface area contributed by atoms with Gasteiger partial charge in [0.15, 0.2) is 0 Å². The highest BCUT2D eigenvalue weighted by Crippen LogP contribution is 2.31. The highest BCUT2D eigenvalue weighted by Gasteiger charge is 2.10. The summed E-state index contributed by atoms with van der Waals surface area (Å²) in [5.41, 5.74) is 4.38. The fraction of sp³-hybridized carbons (Fsp3) is 0.294. The van der Waals surface area contributed by atoms with E-state index in [1.165, 1.54) is 0 Å². The van der Waals surface area contributed by atoms with Gasteiger partial charge in [0.2, 0.25) is 0 Å². The summed E-state index contributed by atoms with van der Waals surface area (Å²) in [6.07, 6.45) is 0. The molecular weight excluding hydrogens is 289 g/mol. The van der Waals surface area contributed by atoms with E-state index in [-0.39, 0.29) is 6.04 Å². The summed E-state index contributed by atoms with van der Waals surface area (Å²) in [5.74, 6) is 0. The van der Waals surface area contributed by atoms with Gasteiger partial charge >= 0.3 is 0 Å². The molecule has 0 saturated carbocycles. The van der Waals surface area contributed by atoms with Crippen LogP contribution in [0.4, 0.5) is 0 Å². The summed E-state index contributed by atoms with van der Waals surface area (Å²) < 4.78 is 0. The Labute approximate surface area is 130 Å². The van der Waals surface area contributed by atoms with E-state index in [0.29, 0.717) is 0 Å². The number of benzene rings is 2. The second kappa shape index (κ2) is 6.62. The van der Waals surface area contributed by atoms with Crippen LogP contribution in [0.25, 0.3) is 11.1 Å². The maximum atomic E-state index is 6.41. The smallest absolute Gasteiger partial charge is 0.0459 e. The summed E-state index contributed by atoms with van der Waals surface area (Å²) in [6.45, 7) is 7.13. The molecule has 0 bridgehead atoms. The largest absolute Gasteiger partial charge is 0.310 e. The van der Waals surface area contributed by atoms with Gasteiger partial charge < -0.3 is 5.32 Å². The number of rotatable bonds is 4. The van der Waals surface area contributed by atoms with Crippen molar-refractivity contribution in [2.45, 2.75) is 26.8 Å². The lowest BCUT2D eigenvalue weighted by Crippen LogP contribution is -2.17. The highest BCUT2D eigenvalue weighted by atomic mass is 35.5. The Morgan fingerprint density at radius 1 is 1.00 bits per heavy atom. The lowest BCUT2D eigenvalue weighted by molar-refractivity contribution is 0.598. The third kappa shape index (κ3) is 3.35. The van der Waals surface area contributed by atoms with Crippen molar-refractivity contribution in [3.63, 3.8) is 0 Å². The minimum atomic E-state index is 0.253. The Balaban J connectivity index is 2.35. The van der Waals surface area contributed by atoms with E-state index in [9.17, 15) is 0 Å². The Bertz CT molecular complexity index is 608. The number of hydrogen-bond acceptors (Lipinski definition) is 1. The summed E-state index contributed by atoms with van der Waals surface area (Å²) in [7, 11) is 0. The molecular formula is C17H19Cl2N. The maximum Gasteiger partial charge on any atom is 0.0459 e. The lowest BCUT2D eigenvalue weighted by Gasteiger charge is -2.15. The second-order valence-electron chi connectivity index (χ2n) is 4.98. The molecule has 0 aliphatic carbocycles. The topological polar surface area (TPSA) is 12.0 Å². The van der Waals surface area contributed by atoms with Crippen LogP contribution in [-0.2, 0) is 0 Å². The molecule has 0 saturated heterocycles. The zero-order valence-corrected chi connectivity index (χ0v) is 13.5. The molecule has 0 radical (unpaired) electrons. The van der Waals surface area contributed by atoms with E-state index in [1.54, 1.807) is 0 Å². The molecule has 0 heterocycles. The predicted octanol–water partition coefficient (Wildman–Crippen LogP) is 5.64. The van der Waals surface area contributed by atoms with Crippen molar-refractivity contribution in [3.8, 4) is 11.1 Å². The molecule has 0 aromatic heterocycles. The molecule has 0 fully saturated rings. The van der Waals surface area contributed by atoms with E-state index < -0.39 is 0 Å². The molecule has 2 aromatic rings. The number of nitrogens with one attached hydrogen (secondary N) is 1. The summed E-state index contributed by atoms with van der Waals surface area (Å²) in [6, 6.07) is 12.5. The molecule has 106 valence electrons. The molecule has 1 nitrogen and oxygen atoms in total. The van der Waals surface area contributed by atoms with Crippen LogP contribution < -0.4 is 5.32 Å². The molecule has 2 rings (SSSR count). The van der Waals surface area contributed by atoms with Gasteiger partial charge in [0.1, 0.15) is 0 Å². The number of aryl methyl sites for hydroxylation is 1. The van der Waals surface area contributed by atoms with Gasteiger partial charge in [-0.1, -0.05) is 54.4 Å². The fourth-order valence-electron chi connectivity index (χ4n) is 2.25. The first-order valence-electron chi connectivity index (χ1n) is 6.82. The van der Waals surface area contributed by atoms with Crippen molar-refractivity contribution in [2.24, 2.45) is 0 Å². The van der Waals surface area contributed by atoms with Crippen molar-refractivity contribution >= 4 is 23.2 Å². The first kappa shape index (κ1) is 15.4. The molecule has 3 heteroatoms. The van der Waals surface area contributed by atoms with E-state index in [2.05, 4.69) is 37.4 Å². The average molecular weight is 308 g/mol. The highest BCUT2D eigenvalue weighted by molar-refractivity contribution is 6.32. The second-order valence-corrected chi connectivity index (χ2v) is 5.79. The van der Waals surface area contributed by atoms with E-state index in [1.807, 2.05) is 25.1 Å². The Morgan fingerprint density at radius 3 is 2.15 bits per heavy atom. The minimum absolute atomic E-state index is 0.253. The van der Waals surface area contributed by atoms with Gasteiger partial charge in [-0.05, 0) is 54.8 Å². The minimum Gasteiger partial charge on any atom is -0.310 e. The van der Waals surface area contributed by atoms with E-state index >= 15 is 0 Å². The normalized spacial score (nSPS) is 12.4. The maximum absolute atomic E-state index is 6.41. The molecule has 1 atom stereocenters. The fourth-order valence-corrected chi connectivity index (χ4v) is 2.77. The van der Waals surface area contributed by atoms with Crippen molar-refractivity contribution < 1.29 is 0 Å². The lowest BCUT2D eigenvalue weighted by atomic mass is 10.0. The summed E-state index contributed by atoms with van der Waals surface area (Å²) in [4.78, 5) is 0. The van der Waals surface area contributed by atoms with Crippen LogP contribution in [-0.4, -0.2) is 6.54 Å². The molecule has 1 N–H and O–H groups in total. The SMILES string of the molecule is CCNC(C)c1ccc(-c2ccc(C)c(Cl)c2)cc1Cl. The van der Waals surface area contributed by atoms with Crippen LogP contribution in [0.3, 0.4) is 0 Å². The van der Waals surface area contributed by atoms with Crippen LogP contribution in [0.2, 0.25) is 10.0 Å². The first-order chi connectivity index (χ1) is 9.52. The Hall–Kier alpha value is -1.02. The zero-order valence-electron chi connectivity index (χ0n) is 12.0. The van der Waals surface area contributed by atoms with Crippen molar-refractivity contribution in [3.05, 3.63) is 57.6 Å². The van der Waals surface area contributed by atoms with Crippen LogP contribution in [0.15, 0.2) is 36.4 Å². The van der Waals surface area contributed by atoms with Crippen molar-refractivity contribution in [1.29, 1.82) is 0 Å². The van der Waals surface area contributed by atoms with Crippen molar-refractivity contribution in [2.75, 3.05) is 6.54 Å². The van der Waals surface area contributed by atoms with Gasteiger partial charge in [0.05, 0.1) is 0 Å². The number of halogens is 2. The quantitative estimate of drug-likeness (QED) is 0.770. The molecule has 0 amide bonds. The van der Waals surface area contributed by atoms with Gasteiger partial charge in [0, 0.05) is 16.1 Å². The third-order valence-corrected chi connectivity index (χ3v) is 4.22. The monoisotopic (exact) mass is 307 g/mol. The van der Waals surface area contributed by atoms with Crippen LogP contribution in [0.5, 0.6) is 0 Å². The Kier molecular flexibility index (Phi) is 5.09. The van der Waals surface area contributed by atoms with E-state index in [0.717, 1.165) is 38.8 Å². The van der Waals surface area contributed by atoms with E-state index in [4.69, 9.17) is 23.2 Å². The molecule has 0 aliphatic rings. The van der Waals surface area contributed by atoms with Gasteiger partial charge in [-0.2, -0.15) is 0 Å². The summed E-state index contributed by atoms with van der Waals surface area (Å²) >= 11 is 12.6. The molecule has 20 heavy (non-hydrogen) atoms. The molecule has 1 unspecified atom stereocenters. The Morgan fingerprint density at radius 2 is 1.60 bits per heavy atom. The molecule has 0 spiro atoms. The average Bonchev–Trinajstić information content (AvgIpc) is 2.42. The third-order valence-electron chi connectivity index (χ3n) is 3.48. The van der Waals surface area contributed by atoms with Crippen LogP contribution in [0, 0.1) is 6.92 Å². The summed E-state index contributed by atoms with van der Waals surface area (Å²) in [5, 5.41) is 4.94. The first-order valence-corrected chi connectivity index (χ1v) is 7.58. The molecule has 0 aliphatic heterocycles. The predicted molar refractivity (Wildman–Crippen MR) is 88.7 cm³/mol. The number of hydrogen-bond donors (Lipinski definition) is 1. The molecule has 2 aromatic carbocycles. The van der Waals surface area contributed by atoms with Crippen LogP contribution in [0.1, 0.15) is 31.0 Å².